The lowest BCUT2D eigenvalue weighted by atomic mass is 9.87. The summed E-state index contributed by atoms with van der Waals surface area (Å²) in [5.74, 6) is -0.856. The zero-order valence-corrected chi connectivity index (χ0v) is 11.0. The van der Waals surface area contributed by atoms with E-state index in [1.807, 2.05) is 0 Å². The minimum atomic E-state index is -1.14. The van der Waals surface area contributed by atoms with Crippen molar-refractivity contribution >= 4 is 17.8 Å². The second kappa shape index (κ2) is 4.71. The number of barbiturate groups is 1. The van der Waals surface area contributed by atoms with Gasteiger partial charge in [-0.15, -0.1) is 0 Å². The van der Waals surface area contributed by atoms with Gasteiger partial charge in [-0.3, -0.25) is 19.8 Å². The fourth-order valence-corrected chi connectivity index (χ4v) is 2.65. The third kappa shape index (κ3) is 2.13. The predicted molar refractivity (Wildman–Crippen MR) is 65.7 cm³/mol. The number of carbonyl (C=O) groups is 3. The second-order valence-electron chi connectivity index (χ2n) is 5.70. The highest BCUT2D eigenvalue weighted by Crippen LogP contribution is 2.29. The van der Waals surface area contributed by atoms with Crippen molar-refractivity contribution in [2.24, 2.45) is 5.41 Å². The summed E-state index contributed by atoms with van der Waals surface area (Å²) >= 11 is 0. The van der Waals surface area contributed by atoms with Crippen LogP contribution in [0.4, 0.5) is 4.79 Å². The van der Waals surface area contributed by atoms with Gasteiger partial charge in [-0.2, -0.15) is 0 Å². The molecule has 1 N–H and O–H groups in total. The summed E-state index contributed by atoms with van der Waals surface area (Å²) in [5, 5.41) is 2.29. The van der Waals surface area contributed by atoms with Crippen LogP contribution in [0.15, 0.2) is 0 Å². The van der Waals surface area contributed by atoms with Crippen molar-refractivity contribution in [3.63, 3.8) is 0 Å². The third-order valence-corrected chi connectivity index (χ3v) is 3.95. The Labute approximate surface area is 107 Å². The van der Waals surface area contributed by atoms with Gasteiger partial charge < -0.3 is 0 Å². The average molecular weight is 252 g/mol. The van der Waals surface area contributed by atoms with E-state index in [1.165, 1.54) is 4.90 Å². The van der Waals surface area contributed by atoms with Gasteiger partial charge in [0.15, 0.2) is 0 Å². The molecule has 0 aromatic carbocycles. The Balaban J connectivity index is 2.22. The summed E-state index contributed by atoms with van der Waals surface area (Å²) in [5.41, 5.74) is -1.14. The van der Waals surface area contributed by atoms with Crippen LogP contribution in [-0.4, -0.2) is 28.8 Å². The van der Waals surface area contributed by atoms with Crippen LogP contribution in [0.2, 0.25) is 0 Å². The number of nitrogens with one attached hydrogen (secondary N) is 1. The van der Waals surface area contributed by atoms with E-state index in [0.717, 1.165) is 38.5 Å². The van der Waals surface area contributed by atoms with E-state index < -0.39 is 17.4 Å². The zero-order valence-electron chi connectivity index (χ0n) is 11.0. The molecule has 1 heterocycles. The van der Waals surface area contributed by atoms with Gasteiger partial charge in [0, 0.05) is 6.04 Å². The van der Waals surface area contributed by atoms with E-state index >= 15 is 0 Å². The predicted octanol–water partition coefficient (Wildman–Crippen LogP) is 1.81. The number of nitrogens with zero attached hydrogens (tertiary/aromatic N) is 1. The Hall–Kier alpha value is -1.39. The number of carbonyl (C=O) groups excluding carboxylic acids is 3. The van der Waals surface area contributed by atoms with Gasteiger partial charge in [0.05, 0.1) is 0 Å². The Morgan fingerprint density at radius 3 is 2.17 bits per heavy atom. The van der Waals surface area contributed by atoms with Crippen LogP contribution >= 0.6 is 0 Å². The lowest BCUT2D eigenvalue weighted by molar-refractivity contribution is -0.150. The molecule has 0 unspecified atom stereocenters. The molecular weight excluding hydrogens is 232 g/mol. The molecule has 1 saturated heterocycles. The lowest BCUT2D eigenvalue weighted by Crippen LogP contribution is -2.64. The maximum absolute atomic E-state index is 12.3. The number of rotatable bonds is 1. The monoisotopic (exact) mass is 252 g/mol. The Morgan fingerprint density at radius 2 is 1.61 bits per heavy atom. The fourth-order valence-electron chi connectivity index (χ4n) is 2.65. The number of hydrogen-bond acceptors (Lipinski definition) is 3. The van der Waals surface area contributed by atoms with Gasteiger partial charge in [0.2, 0.25) is 11.8 Å². The molecule has 1 aliphatic carbocycles. The third-order valence-electron chi connectivity index (χ3n) is 3.95. The zero-order chi connectivity index (χ0) is 13.3. The molecule has 1 saturated carbocycles. The van der Waals surface area contributed by atoms with Crippen molar-refractivity contribution in [1.29, 1.82) is 0 Å². The summed E-state index contributed by atoms with van der Waals surface area (Å²) < 4.78 is 0. The second-order valence-corrected chi connectivity index (χ2v) is 5.70. The largest absolute Gasteiger partial charge is 0.331 e. The van der Waals surface area contributed by atoms with Crippen LogP contribution in [0.1, 0.15) is 52.4 Å². The van der Waals surface area contributed by atoms with Gasteiger partial charge in [0.25, 0.3) is 0 Å². The van der Waals surface area contributed by atoms with E-state index in [-0.39, 0.29) is 11.9 Å². The van der Waals surface area contributed by atoms with Crippen LogP contribution in [0, 0.1) is 5.41 Å². The van der Waals surface area contributed by atoms with E-state index in [9.17, 15) is 14.4 Å². The maximum atomic E-state index is 12.3. The highest BCUT2D eigenvalue weighted by molar-refractivity contribution is 6.18. The molecule has 18 heavy (non-hydrogen) atoms. The van der Waals surface area contributed by atoms with Crippen LogP contribution in [0.3, 0.4) is 0 Å². The maximum Gasteiger partial charge on any atom is 0.331 e. The minimum absolute atomic E-state index is 0.0487. The summed E-state index contributed by atoms with van der Waals surface area (Å²) in [6.07, 6.45) is 6.09. The lowest BCUT2D eigenvalue weighted by Gasteiger charge is -2.38. The molecule has 4 amide bonds. The van der Waals surface area contributed by atoms with Gasteiger partial charge in [0.1, 0.15) is 5.41 Å². The van der Waals surface area contributed by atoms with Crippen molar-refractivity contribution in [3.05, 3.63) is 0 Å². The standard InChI is InChI=1S/C13H20N2O3/c1-13(2)10(16)14-12(18)15(11(13)17)9-7-5-3-4-6-8-9/h9H,3-8H2,1-2H3,(H,14,16,18). The van der Waals surface area contributed by atoms with Gasteiger partial charge in [-0.25, -0.2) is 4.79 Å². The Kier molecular flexibility index (Phi) is 3.41. The minimum Gasteiger partial charge on any atom is -0.277 e. The highest BCUT2D eigenvalue weighted by atomic mass is 16.2. The smallest absolute Gasteiger partial charge is 0.277 e. The molecule has 0 atom stereocenters. The SMILES string of the molecule is CC1(C)C(=O)NC(=O)N(C2CCCCCC2)C1=O. The molecule has 5 heteroatoms. The molecule has 0 spiro atoms. The number of urea groups is 1. The molecule has 0 aromatic heterocycles. The van der Waals surface area contributed by atoms with E-state index in [1.54, 1.807) is 13.8 Å². The van der Waals surface area contributed by atoms with Gasteiger partial charge in [-0.1, -0.05) is 25.7 Å². The highest BCUT2D eigenvalue weighted by Gasteiger charge is 2.48. The van der Waals surface area contributed by atoms with Crippen molar-refractivity contribution in [2.75, 3.05) is 0 Å². The van der Waals surface area contributed by atoms with Crippen molar-refractivity contribution in [1.82, 2.24) is 10.2 Å². The summed E-state index contributed by atoms with van der Waals surface area (Å²) in [4.78, 5) is 37.1. The van der Waals surface area contributed by atoms with Crippen LogP contribution < -0.4 is 5.32 Å². The number of amides is 4. The van der Waals surface area contributed by atoms with E-state index in [0.29, 0.717) is 0 Å². The van der Waals surface area contributed by atoms with Crippen LogP contribution in [-0.2, 0) is 9.59 Å². The normalized spacial score (nSPS) is 25.9. The molecule has 2 aliphatic rings. The Bertz CT molecular complexity index is 382. The van der Waals surface area contributed by atoms with Crippen molar-refractivity contribution < 1.29 is 14.4 Å². The summed E-state index contributed by atoms with van der Waals surface area (Å²) in [6.45, 7) is 3.14. The molecule has 0 bridgehead atoms. The molecule has 5 nitrogen and oxygen atoms in total. The number of hydrogen-bond donors (Lipinski definition) is 1. The molecule has 1 aliphatic heterocycles. The first kappa shape index (κ1) is 13.1. The average Bonchev–Trinajstić information content (AvgIpc) is 2.56. The fraction of sp³-hybridized carbons (Fsp3) is 0.769. The van der Waals surface area contributed by atoms with Crippen LogP contribution in [0.5, 0.6) is 0 Å². The first-order chi connectivity index (χ1) is 8.44. The van der Waals surface area contributed by atoms with E-state index in [4.69, 9.17) is 0 Å². The molecule has 100 valence electrons. The molecule has 0 radical (unpaired) electrons. The first-order valence-electron chi connectivity index (χ1n) is 6.63. The summed E-state index contributed by atoms with van der Waals surface area (Å²) in [6, 6.07) is -0.594. The first-order valence-corrected chi connectivity index (χ1v) is 6.63. The molecule has 0 aromatic rings. The molecule has 2 rings (SSSR count). The van der Waals surface area contributed by atoms with Crippen LogP contribution in [0.25, 0.3) is 0 Å². The van der Waals surface area contributed by atoms with Gasteiger partial charge in [-0.05, 0) is 26.7 Å². The number of imide groups is 2. The van der Waals surface area contributed by atoms with Crippen molar-refractivity contribution in [3.8, 4) is 0 Å². The Morgan fingerprint density at radius 1 is 1.06 bits per heavy atom. The summed E-state index contributed by atoms with van der Waals surface area (Å²) in [7, 11) is 0. The quantitative estimate of drug-likeness (QED) is 0.571. The molecular formula is C13H20N2O3. The van der Waals surface area contributed by atoms with Gasteiger partial charge >= 0.3 is 6.03 Å². The topological polar surface area (TPSA) is 66.5 Å². The van der Waals surface area contributed by atoms with E-state index in [2.05, 4.69) is 5.32 Å². The van der Waals surface area contributed by atoms with Crippen molar-refractivity contribution in [2.45, 2.75) is 58.4 Å². The molecule has 2 fully saturated rings.